The second-order valence-electron chi connectivity index (χ2n) is 7.09. The van der Waals surface area contributed by atoms with Crippen molar-refractivity contribution in [2.75, 3.05) is 0 Å². The summed E-state index contributed by atoms with van der Waals surface area (Å²) in [4.78, 5) is 0. The van der Waals surface area contributed by atoms with E-state index in [-0.39, 0.29) is 33.6 Å². The molecule has 0 nitrogen and oxygen atoms in total. The summed E-state index contributed by atoms with van der Waals surface area (Å²) in [7, 11) is 0. The van der Waals surface area contributed by atoms with Gasteiger partial charge in [0.1, 0.15) is 0 Å². The van der Waals surface area contributed by atoms with Crippen LogP contribution >= 0.6 is 0 Å². The maximum Gasteiger partial charge on any atom is 0.403 e. The van der Waals surface area contributed by atoms with E-state index in [1.165, 1.54) is 0 Å². The lowest BCUT2D eigenvalue weighted by Crippen LogP contribution is -2.52. The molecule has 0 N–H and O–H groups in total. The summed E-state index contributed by atoms with van der Waals surface area (Å²) in [6.07, 6.45) is -20.5. The summed E-state index contributed by atoms with van der Waals surface area (Å²) in [5.74, 6) is -1.41. The van der Waals surface area contributed by atoms with E-state index < -0.39 is 41.5 Å². The summed E-state index contributed by atoms with van der Waals surface area (Å²) < 4.78 is 146. The molecule has 28 heavy (non-hydrogen) atoms. The molecular weight excluding hydrogens is 420 g/mol. The van der Waals surface area contributed by atoms with Gasteiger partial charge >= 0.3 is 24.7 Å². The molecule has 0 aliphatic heterocycles. The quantitative estimate of drug-likeness (QED) is 0.373. The molecule has 0 unspecified atom stereocenters. The van der Waals surface area contributed by atoms with Crippen LogP contribution in [0, 0.1) is 16.7 Å². The van der Waals surface area contributed by atoms with Crippen molar-refractivity contribution in [2.45, 2.75) is 85.0 Å². The molecule has 0 amide bonds. The van der Waals surface area contributed by atoms with Gasteiger partial charge in [0.25, 0.3) is 0 Å². The maximum absolute atomic E-state index is 12.8. The molecule has 0 aliphatic carbocycles. The van der Waals surface area contributed by atoms with Gasteiger partial charge in [-0.1, -0.05) is 26.7 Å². The van der Waals surface area contributed by atoms with Crippen molar-refractivity contribution < 1.29 is 52.7 Å². The Labute approximate surface area is 155 Å². The van der Waals surface area contributed by atoms with Gasteiger partial charge in [-0.15, -0.1) is 0 Å². The minimum atomic E-state index is -5.26. The second kappa shape index (κ2) is 9.32. The molecule has 172 valence electrons. The Morgan fingerprint density at radius 3 is 0.857 bits per heavy atom. The fourth-order valence-corrected chi connectivity index (χ4v) is 2.20. The van der Waals surface area contributed by atoms with Gasteiger partial charge in [0.2, 0.25) is 0 Å². The summed E-state index contributed by atoms with van der Waals surface area (Å²) in [6.45, 7) is 3.68. The van der Waals surface area contributed by atoms with Gasteiger partial charge < -0.3 is 0 Å². The maximum atomic E-state index is 12.8. The Hall–Kier alpha value is -0.840. The Bertz CT molecular complexity index is 414. The lowest BCUT2D eigenvalue weighted by Gasteiger charge is -2.40. The standard InChI is InChI=1S/C11H18F6.C5H6F6/c1-4-6-8(7-5-2)9(3,10(12,13)14)11(15,16)17;1-3(2,4(6,7)8)5(9,10)11/h8H,4-7H2,1-3H3;1-2H3. The first kappa shape index (κ1) is 29.4. The third-order valence-electron chi connectivity index (χ3n) is 4.69. The van der Waals surface area contributed by atoms with Crippen LogP contribution in [0.1, 0.15) is 60.3 Å². The molecule has 0 rings (SSSR count). The van der Waals surface area contributed by atoms with Gasteiger partial charge in [-0.25, -0.2) is 0 Å². The van der Waals surface area contributed by atoms with Crippen LogP contribution in [0.4, 0.5) is 52.7 Å². The topological polar surface area (TPSA) is 0 Å². The minimum Gasteiger partial charge on any atom is -0.170 e. The zero-order valence-electron chi connectivity index (χ0n) is 15.9. The van der Waals surface area contributed by atoms with E-state index in [0.29, 0.717) is 12.8 Å². The van der Waals surface area contributed by atoms with Gasteiger partial charge in [0, 0.05) is 0 Å². The number of halogens is 12. The predicted octanol–water partition coefficient (Wildman–Crippen LogP) is 8.47. The van der Waals surface area contributed by atoms with Crippen LogP contribution in [0.25, 0.3) is 0 Å². The Kier molecular flexibility index (Phi) is 9.77. The zero-order chi connectivity index (χ0) is 23.4. The van der Waals surface area contributed by atoms with E-state index in [2.05, 4.69) is 0 Å². The van der Waals surface area contributed by atoms with Crippen molar-refractivity contribution in [1.82, 2.24) is 0 Å². The van der Waals surface area contributed by atoms with Gasteiger partial charge in [-0.3, -0.25) is 0 Å². The van der Waals surface area contributed by atoms with Gasteiger partial charge in [-0.05, 0) is 39.5 Å². The largest absolute Gasteiger partial charge is 0.403 e. The van der Waals surface area contributed by atoms with Gasteiger partial charge in [0.05, 0.1) is 0 Å². The SMILES string of the molecule is CC(C)(C(F)(F)F)C(F)(F)F.CCCC(CCC)C(C)(C(F)(F)F)C(F)(F)F. The summed E-state index contributed by atoms with van der Waals surface area (Å²) in [5, 5.41) is 0. The van der Waals surface area contributed by atoms with Gasteiger partial charge in [0.15, 0.2) is 10.8 Å². The van der Waals surface area contributed by atoms with Crippen LogP contribution in [0.5, 0.6) is 0 Å². The van der Waals surface area contributed by atoms with E-state index >= 15 is 0 Å². The van der Waals surface area contributed by atoms with Crippen molar-refractivity contribution in [3.05, 3.63) is 0 Å². The molecule has 0 radical (unpaired) electrons. The van der Waals surface area contributed by atoms with Crippen LogP contribution in [-0.2, 0) is 0 Å². The monoisotopic (exact) mass is 444 g/mol. The molecule has 0 aromatic rings. The first-order chi connectivity index (χ1) is 12.0. The van der Waals surface area contributed by atoms with Crippen LogP contribution in [-0.4, -0.2) is 24.7 Å². The summed E-state index contributed by atoms with van der Waals surface area (Å²) in [6, 6.07) is 0. The highest BCUT2D eigenvalue weighted by molar-refractivity contribution is 4.94. The number of alkyl halides is 12. The predicted molar refractivity (Wildman–Crippen MR) is 79.4 cm³/mol. The van der Waals surface area contributed by atoms with E-state index in [1.807, 2.05) is 0 Å². The molecule has 0 spiro atoms. The molecule has 12 heteroatoms. The van der Waals surface area contributed by atoms with Crippen molar-refractivity contribution in [3.8, 4) is 0 Å². The molecule has 0 bridgehead atoms. The molecule has 0 aliphatic rings. The lowest BCUT2D eigenvalue weighted by atomic mass is 9.71. The Morgan fingerprint density at radius 2 is 0.750 bits per heavy atom. The highest BCUT2D eigenvalue weighted by Gasteiger charge is 2.70. The fraction of sp³-hybridized carbons (Fsp3) is 1.00. The fourth-order valence-electron chi connectivity index (χ4n) is 2.20. The van der Waals surface area contributed by atoms with Crippen molar-refractivity contribution in [1.29, 1.82) is 0 Å². The van der Waals surface area contributed by atoms with Crippen molar-refractivity contribution in [2.24, 2.45) is 16.7 Å². The van der Waals surface area contributed by atoms with Crippen LogP contribution in [0.15, 0.2) is 0 Å². The molecular formula is C16H24F12. The molecule has 0 saturated heterocycles. The molecule has 0 aromatic heterocycles. The van der Waals surface area contributed by atoms with E-state index in [0.717, 1.165) is 0 Å². The first-order valence-corrected chi connectivity index (χ1v) is 8.29. The van der Waals surface area contributed by atoms with E-state index in [1.54, 1.807) is 13.8 Å². The number of hydrogen-bond donors (Lipinski definition) is 0. The third-order valence-corrected chi connectivity index (χ3v) is 4.69. The van der Waals surface area contributed by atoms with E-state index in [4.69, 9.17) is 0 Å². The number of rotatable bonds is 5. The highest BCUT2D eigenvalue weighted by Crippen LogP contribution is 2.57. The minimum absolute atomic E-state index is 0.0661. The number of hydrogen-bond acceptors (Lipinski definition) is 0. The molecule has 0 heterocycles. The van der Waals surface area contributed by atoms with Crippen LogP contribution in [0.3, 0.4) is 0 Å². The van der Waals surface area contributed by atoms with Crippen LogP contribution in [0.2, 0.25) is 0 Å². The van der Waals surface area contributed by atoms with Crippen molar-refractivity contribution in [3.63, 3.8) is 0 Å². The smallest absolute Gasteiger partial charge is 0.170 e. The third kappa shape index (κ3) is 6.60. The van der Waals surface area contributed by atoms with Crippen molar-refractivity contribution >= 4 is 0 Å². The summed E-state index contributed by atoms with van der Waals surface area (Å²) >= 11 is 0. The molecule has 0 aromatic carbocycles. The first-order valence-electron chi connectivity index (χ1n) is 8.29. The average Bonchev–Trinajstić information content (AvgIpc) is 2.42. The average molecular weight is 444 g/mol. The highest BCUT2D eigenvalue weighted by atomic mass is 19.4. The zero-order valence-corrected chi connectivity index (χ0v) is 15.9. The summed E-state index contributed by atoms with van der Waals surface area (Å²) in [5.41, 5.74) is -7.23. The van der Waals surface area contributed by atoms with Crippen LogP contribution < -0.4 is 0 Å². The lowest BCUT2D eigenvalue weighted by molar-refractivity contribution is -0.353. The van der Waals surface area contributed by atoms with E-state index in [9.17, 15) is 52.7 Å². The van der Waals surface area contributed by atoms with Gasteiger partial charge in [-0.2, -0.15) is 52.7 Å². The Balaban J connectivity index is 0. The molecule has 0 fully saturated rings. The Morgan fingerprint density at radius 1 is 0.500 bits per heavy atom. The normalized spacial score (nSPS) is 14.8. The molecule has 0 saturated carbocycles. The molecule has 0 atom stereocenters. The second-order valence-corrected chi connectivity index (χ2v) is 7.09.